The number of hydrogen-bond acceptors (Lipinski definition) is 8. The lowest BCUT2D eigenvalue weighted by Gasteiger charge is -2.26. The zero-order valence-corrected chi connectivity index (χ0v) is 18.2. The third-order valence-corrected chi connectivity index (χ3v) is 6.65. The van der Waals surface area contributed by atoms with E-state index in [-0.39, 0.29) is 43.2 Å². The molecule has 1 aliphatic rings. The van der Waals surface area contributed by atoms with Crippen LogP contribution in [0.4, 0.5) is 15.8 Å². The van der Waals surface area contributed by atoms with E-state index in [1.807, 2.05) is 0 Å². The molecular weight excluding hydrogens is 461 g/mol. The first-order chi connectivity index (χ1) is 15.6. The molecule has 2 aromatic rings. The van der Waals surface area contributed by atoms with Gasteiger partial charge in [-0.1, -0.05) is 6.07 Å². The number of carbonyl (C=O) groups is 2. The normalized spacial score (nSPS) is 15.5. The number of amides is 1. The number of ether oxygens (including phenoxy) is 2. The lowest BCUT2D eigenvalue weighted by Crippen LogP contribution is -2.41. The largest absolute Gasteiger partial charge is 0.449 e. The standard InChI is InChI=1S/C20H20FN3O8S/c1-13(19(25)22-15-3-2-4-16(12-15)24(27)28)32-20(26)14-5-6-17(21)18(11-14)33(29,30)23-7-9-31-10-8-23/h2-6,11-13H,7-10H2,1H3,(H,22,25). The molecule has 33 heavy (non-hydrogen) atoms. The Balaban J connectivity index is 1.72. The Kier molecular flexibility index (Phi) is 7.36. The second-order valence-corrected chi connectivity index (χ2v) is 8.91. The van der Waals surface area contributed by atoms with Crippen LogP contribution in [0.1, 0.15) is 17.3 Å². The monoisotopic (exact) mass is 481 g/mol. The maximum Gasteiger partial charge on any atom is 0.338 e. The fourth-order valence-electron chi connectivity index (χ4n) is 2.98. The van der Waals surface area contributed by atoms with E-state index in [4.69, 9.17) is 9.47 Å². The van der Waals surface area contributed by atoms with E-state index in [0.29, 0.717) is 0 Å². The van der Waals surface area contributed by atoms with Crippen LogP contribution in [0.5, 0.6) is 0 Å². The summed E-state index contributed by atoms with van der Waals surface area (Å²) < 4.78 is 51.0. The minimum atomic E-state index is -4.21. The van der Waals surface area contributed by atoms with Gasteiger partial charge >= 0.3 is 5.97 Å². The molecule has 0 saturated carbocycles. The number of carbonyl (C=O) groups excluding carboxylic acids is 2. The highest BCUT2D eigenvalue weighted by Gasteiger charge is 2.30. The molecule has 1 amide bonds. The van der Waals surface area contributed by atoms with Crippen molar-refractivity contribution in [3.8, 4) is 0 Å². The Labute approximate surface area is 188 Å². The topological polar surface area (TPSA) is 145 Å². The molecule has 0 spiro atoms. The molecule has 1 N–H and O–H groups in total. The second kappa shape index (κ2) is 10.0. The van der Waals surface area contributed by atoms with Gasteiger partial charge in [0.25, 0.3) is 11.6 Å². The molecule has 0 aliphatic carbocycles. The van der Waals surface area contributed by atoms with Crippen molar-refractivity contribution in [1.82, 2.24) is 4.31 Å². The van der Waals surface area contributed by atoms with Crippen molar-refractivity contribution in [3.05, 3.63) is 64.0 Å². The second-order valence-electron chi connectivity index (χ2n) is 7.01. The molecule has 176 valence electrons. The molecule has 1 saturated heterocycles. The molecule has 1 atom stereocenters. The third kappa shape index (κ3) is 5.69. The van der Waals surface area contributed by atoms with Gasteiger partial charge in [0, 0.05) is 30.9 Å². The molecule has 1 aliphatic heterocycles. The maximum absolute atomic E-state index is 14.3. The summed E-state index contributed by atoms with van der Waals surface area (Å²) in [5, 5.41) is 13.2. The van der Waals surface area contributed by atoms with Gasteiger partial charge in [-0.05, 0) is 31.2 Å². The van der Waals surface area contributed by atoms with Crippen molar-refractivity contribution in [2.45, 2.75) is 17.9 Å². The fourth-order valence-corrected chi connectivity index (χ4v) is 4.48. The number of nitro benzene ring substituents is 1. The van der Waals surface area contributed by atoms with Gasteiger partial charge < -0.3 is 14.8 Å². The predicted octanol–water partition coefficient (Wildman–Crippen LogP) is 1.94. The number of halogens is 1. The number of sulfonamides is 1. The molecule has 3 rings (SSSR count). The van der Waals surface area contributed by atoms with Crippen LogP contribution in [0.25, 0.3) is 0 Å². The van der Waals surface area contributed by atoms with Crippen LogP contribution in [0.15, 0.2) is 47.4 Å². The van der Waals surface area contributed by atoms with E-state index in [1.165, 1.54) is 25.1 Å². The van der Waals surface area contributed by atoms with E-state index in [2.05, 4.69) is 5.32 Å². The summed E-state index contributed by atoms with van der Waals surface area (Å²) in [4.78, 5) is 34.3. The van der Waals surface area contributed by atoms with Crippen LogP contribution in [-0.4, -0.2) is 61.9 Å². The van der Waals surface area contributed by atoms with Crippen molar-refractivity contribution in [3.63, 3.8) is 0 Å². The molecular formula is C20H20FN3O8S. The fraction of sp³-hybridized carbons (Fsp3) is 0.300. The summed E-state index contributed by atoms with van der Waals surface area (Å²) in [6, 6.07) is 7.90. The molecule has 11 nitrogen and oxygen atoms in total. The summed E-state index contributed by atoms with van der Waals surface area (Å²) in [5.41, 5.74) is -0.381. The minimum absolute atomic E-state index is 0.0469. The summed E-state index contributed by atoms with van der Waals surface area (Å²) in [6.07, 6.45) is -1.33. The van der Waals surface area contributed by atoms with Gasteiger partial charge in [0.05, 0.1) is 23.7 Å². The highest BCUT2D eigenvalue weighted by atomic mass is 32.2. The molecule has 0 aromatic heterocycles. The Morgan fingerprint density at radius 1 is 1.21 bits per heavy atom. The van der Waals surface area contributed by atoms with Gasteiger partial charge in [0.1, 0.15) is 10.7 Å². The number of esters is 1. The zero-order valence-electron chi connectivity index (χ0n) is 17.4. The van der Waals surface area contributed by atoms with Crippen LogP contribution in [0.3, 0.4) is 0 Å². The maximum atomic E-state index is 14.3. The molecule has 1 heterocycles. The van der Waals surface area contributed by atoms with Gasteiger partial charge in [0.2, 0.25) is 10.0 Å². The Bertz CT molecular complexity index is 1180. The van der Waals surface area contributed by atoms with Crippen LogP contribution < -0.4 is 5.32 Å². The van der Waals surface area contributed by atoms with E-state index >= 15 is 0 Å². The first kappa shape index (κ1) is 24.2. The molecule has 2 aromatic carbocycles. The predicted molar refractivity (Wildman–Crippen MR) is 113 cm³/mol. The van der Waals surface area contributed by atoms with Crippen molar-refractivity contribution in [2.75, 3.05) is 31.6 Å². The lowest BCUT2D eigenvalue weighted by atomic mass is 10.2. The number of nitro groups is 1. The van der Waals surface area contributed by atoms with Gasteiger partial charge in [0.15, 0.2) is 6.10 Å². The molecule has 13 heteroatoms. The van der Waals surface area contributed by atoms with Gasteiger partial charge in [-0.2, -0.15) is 4.31 Å². The summed E-state index contributed by atoms with van der Waals surface area (Å²) in [5.74, 6) is -2.85. The number of nitrogens with one attached hydrogen (secondary N) is 1. The number of nitrogens with zero attached hydrogens (tertiary/aromatic N) is 2. The first-order valence-corrected chi connectivity index (χ1v) is 11.2. The SMILES string of the molecule is CC(OC(=O)c1ccc(F)c(S(=O)(=O)N2CCOCC2)c1)C(=O)Nc1cccc([N+](=O)[O-])c1. The zero-order chi connectivity index (χ0) is 24.2. The van der Waals surface area contributed by atoms with Crippen molar-refractivity contribution >= 4 is 33.3 Å². The molecule has 1 fully saturated rings. The number of rotatable bonds is 7. The van der Waals surface area contributed by atoms with Crippen LogP contribution >= 0.6 is 0 Å². The highest BCUT2D eigenvalue weighted by Crippen LogP contribution is 2.23. The Morgan fingerprint density at radius 2 is 1.91 bits per heavy atom. The van der Waals surface area contributed by atoms with Crippen LogP contribution in [-0.2, 0) is 24.3 Å². The summed E-state index contributed by atoms with van der Waals surface area (Å²) in [7, 11) is -4.21. The van der Waals surface area contributed by atoms with E-state index in [9.17, 15) is 32.5 Å². The number of anilines is 1. The minimum Gasteiger partial charge on any atom is -0.449 e. The van der Waals surface area contributed by atoms with Gasteiger partial charge in [-0.3, -0.25) is 14.9 Å². The number of benzene rings is 2. The van der Waals surface area contributed by atoms with Crippen molar-refractivity contribution in [2.24, 2.45) is 0 Å². The van der Waals surface area contributed by atoms with E-state index in [0.717, 1.165) is 28.6 Å². The lowest BCUT2D eigenvalue weighted by molar-refractivity contribution is -0.384. The van der Waals surface area contributed by atoms with Crippen LogP contribution in [0, 0.1) is 15.9 Å². The first-order valence-electron chi connectivity index (χ1n) is 9.73. The van der Waals surface area contributed by atoms with E-state index < -0.39 is 43.6 Å². The summed E-state index contributed by atoms with van der Waals surface area (Å²) in [6.45, 7) is 1.69. The average molecular weight is 481 g/mol. The van der Waals surface area contributed by atoms with Crippen LogP contribution in [0.2, 0.25) is 0 Å². The smallest absolute Gasteiger partial charge is 0.338 e. The van der Waals surface area contributed by atoms with Gasteiger partial charge in [-0.15, -0.1) is 0 Å². The molecule has 0 radical (unpaired) electrons. The molecule has 0 bridgehead atoms. The quantitative estimate of drug-likeness (QED) is 0.359. The number of morpholine rings is 1. The third-order valence-electron chi connectivity index (χ3n) is 4.73. The average Bonchev–Trinajstić information content (AvgIpc) is 2.79. The Hall–Kier alpha value is -3.42. The Morgan fingerprint density at radius 3 is 2.58 bits per heavy atom. The van der Waals surface area contributed by atoms with Gasteiger partial charge in [-0.25, -0.2) is 17.6 Å². The van der Waals surface area contributed by atoms with E-state index in [1.54, 1.807) is 0 Å². The molecule has 1 unspecified atom stereocenters. The number of hydrogen-bond donors (Lipinski definition) is 1. The van der Waals surface area contributed by atoms with Crippen molar-refractivity contribution in [1.29, 1.82) is 0 Å². The highest BCUT2D eigenvalue weighted by molar-refractivity contribution is 7.89. The number of non-ortho nitro benzene ring substituents is 1. The summed E-state index contributed by atoms with van der Waals surface area (Å²) >= 11 is 0. The van der Waals surface area contributed by atoms with Crippen molar-refractivity contribution < 1.29 is 36.8 Å².